The summed E-state index contributed by atoms with van der Waals surface area (Å²) in [6, 6.07) is 0.509. The topological polar surface area (TPSA) is 41.6 Å². The summed E-state index contributed by atoms with van der Waals surface area (Å²) in [5.41, 5.74) is -0.211. The fraction of sp³-hybridized carbons (Fsp3) is 0.917. The zero-order valence-electron chi connectivity index (χ0n) is 10.9. The van der Waals surface area contributed by atoms with E-state index in [0.717, 1.165) is 6.54 Å². The number of carbonyl (C=O) groups is 1. The third kappa shape index (κ3) is 4.10. The van der Waals surface area contributed by atoms with Crippen LogP contribution in [0.5, 0.6) is 0 Å². The van der Waals surface area contributed by atoms with Crippen LogP contribution in [0.25, 0.3) is 0 Å². The van der Waals surface area contributed by atoms with Gasteiger partial charge in [0.1, 0.15) is 0 Å². The van der Waals surface area contributed by atoms with E-state index >= 15 is 0 Å². The first-order valence-corrected chi connectivity index (χ1v) is 6.05. The molecule has 1 fully saturated rings. The Morgan fingerprint density at radius 2 is 2.12 bits per heavy atom. The number of hydrogen-bond donors (Lipinski definition) is 1. The summed E-state index contributed by atoms with van der Waals surface area (Å²) >= 11 is 0. The number of rotatable bonds is 7. The summed E-state index contributed by atoms with van der Waals surface area (Å²) in [6.07, 6.45) is 2.34. The molecule has 0 aromatic carbocycles. The van der Waals surface area contributed by atoms with Crippen LogP contribution in [0, 0.1) is 0 Å². The van der Waals surface area contributed by atoms with Gasteiger partial charge in [0, 0.05) is 26.2 Å². The predicted molar refractivity (Wildman–Crippen MR) is 64.4 cm³/mol. The van der Waals surface area contributed by atoms with E-state index in [4.69, 9.17) is 4.74 Å². The van der Waals surface area contributed by atoms with Crippen LogP contribution in [0.2, 0.25) is 0 Å². The Hall–Kier alpha value is -0.610. The van der Waals surface area contributed by atoms with Gasteiger partial charge < -0.3 is 15.0 Å². The molecule has 1 saturated carbocycles. The lowest BCUT2D eigenvalue weighted by Gasteiger charge is -2.25. The SMILES string of the molecule is CCN(C(=O)CNCC(C)(C)OC)C1CC1. The van der Waals surface area contributed by atoms with Crippen LogP contribution in [-0.4, -0.2) is 49.2 Å². The molecule has 0 atom stereocenters. The maximum Gasteiger partial charge on any atom is 0.236 e. The Bertz CT molecular complexity index is 237. The van der Waals surface area contributed by atoms with Crippen molar-refractivity contribution in [3.63, 3.8) is 0 Å². The highest BCUT2D eigenvalue weighted by atomic mass is 16.5. The largest absolute Gasteiger partial charge is 0.377 e. The van der Waals surface area contributed by atoms with E-state index in [9.17, 15) is 4.79 Å². The molecule has 0 bridgehead atoms. The van der Waals surface area contributed by atoms with Gasteiger partial charge in [-0.1, -0.05) is 0 Å². The van der Waals surface area contributed by atoms with Crippen LogP contribution >= 0.6 is 0 Å². The van der Waals surface area contributed by atoms with Crippen LogP contribution in [-0.2, 0) is 9.53 Å². The molecule has 0 spiro atoms. The molecule has 1 N–H and O–H groups in total. The highest BCUT2D eigenvalue weighted by Crippen LogP contribution is 2.26. The van der Waals surface area contributed by atoms with Crippen LogP contribution < -0.4 is 5.32 Å². The van der Waals surface area contributed by atoms with Gasteiger partial charge >= 0.3 is 0 Å². The first-order chi connectivity index (χ1) is 7.50. The van der Waals surface area contributed by atoms with Crippen molar-refractivity contribution in [2.24, 2.45) is 0 Å². The zero-order valence-corrected chi connectivity index (χ0v) is 10.9. The maximum atomic E-state index is 11.9. The fourth-order valence-electron chi connectivity index (χ4n) is 1.67. The molecule has 0 saturated heterocycles. The third-order valence-electron chi connectivity index (χ3n) is 3.03. The normalized spacial score (nSPS) is 16.2. The summed E-state index contributed by atoms with van der Waals surface area (Å²) in [5, 5.41) is 3.16. The molecule has 0 aliphatic heterocycles. The van der Waals surface area contributed by atoms with Gasteiger partial charge in [0.15, 0.2) is 0 Å². The number of methoxy groups -OCH3 is 1. The number of amides is 1. The number of carbonyl (C=O) groups excluding carboxylic acids is 1. The number of nitrogens with one attached hydrogen (secondary N) is 1. The van der Waals surface area contributed by atoms with E-state index in [1.54, 1.807) is 7.11 Å². The average molecular weight is 228 g/mol. The van der Waals surface area contributed by atoms with Gasteiger partial charge in [-0.2, -0.15) is 0 Å². The molecule has 0 aromatic heterocycles. The summed E-state index contributed by atoms with van der Waals surface area (Å²) in [6.45, 7) is 7.97. The molecule has 1 amide bonds. The van der Waals surface area contributed by atoms with E-state index in [1.165, 1.54) is 12.8 Å². The monoisotopic (exact) mass is 228 g/mol. The van der Waals surface area contributed by atoms with Crippen molar-refractivity contribution < 1.29 is 9.53 Å². The van der Waals surface area contributed by atoms with E-state index in [2.05, 4.69) is 5.32 Å². The van der Waals surface area contributed by atoms with Crippen LogP contribution in [0.15, 0.2) is 0 Å². The van der Waals surface area contributed by atoms with E-state index < -0.39 is 0 Å². The Morgan fingerprint density at radius 3 is 2.56 bits per heavy atom. The van der Waals surface area contributed by atoms with Crippen molar-refractivity contribution in [2.45, 2.75) is 45.3 Å². The lowest BCUT2D eigenvalue weighted by molar-refractivity contribution is -0.130. The Labute approximate surface area is 98.3 Å². The second kappa shape index (κ2) is 5.64. The average Bonchev–Trinajstić information content (AvgIpc) is 3.03. The third-order valence-corrected chi connectivity index (χ3v) is 3.03. The van der Waals surface area contributed by atoms with Crippen molar-refractivity contribution >= 4 is 5.91 Å². The second-order valence-electron chi connectivity index (χ2n) is 4.98. The second-order valence-corrected chi connectivity index (χ2v) is 4.98. The molecule has 1 aliphatic rings. The molecule has 4 nitrogen and oxygen atoms in total. The fourth-order valence-corrected chi connectivity index (χ4v) is 1.67. The van der Waals surface area contributed by atoms with Gasteiger partial charge in [-0.3, -0.25) is 4.79 Å². The van der Waals surface area contributed by atoms with E-state index in [1.807, 2.05) is 25.7 Å². The molecule has 1 rings (SSSR count). The number of hydrogen-bond acceptors (Lipinski definition) is 3. The zero-order chi connectivity index (χ0) is 12.2. The molecule has 4 heteroatoms. The van der Waals surface area contributed by atoms with Crippen LogP contribution in [0.3, 0.4) is 0 Å². The van der Waals surface area contributed by atoms with Crippen LogP contribution in [0.1, 0.15) is 33.6 Å². The molecule has 94 valence electrons. The van der Waals surface area contributed by atoms with Crippen molar-refractivity contribution in [1.29, 1.82) is 0 Å². The molecule has 0 unspecified atom stereocenters. The minimum atomic E-state index is -0.211. The molecule has 16 heavy (non-hydrogen) atoms. The summed E-state index contributed by atoms with van der Waals surface area (Å²) < 4.78 is 5.28. The lowest BCUT2D eigenvalue weighted by Crippen LogP contribution is -2.44. The number of likely N-dealkylation sites (N-methyl/N-ethyl adjacent to an activating group) is 1. The summed E-state index contributed by atoms with van der Waals surface area (Å²) in [5.74, 6) is 0.205. The Balaban J connectivity index is 2.23. The van der Waals surface area contributed by atoms with Gasteiger partial charge in [-0.25, -0.2) is 0 Å². The summed E-state index contributed by atoms with van der Waals surface area (Å²) in [4.78, 5) is 13.8. The minimum absolute atomic E-state index is 0.205. The van der Waals surface area contributed by atoms with Crippen LogP contribution in [0.4, 0.5) is 0 Å². The maximum absolute atomic E-state index is 11.9. The lowest BCUT2D eigenvalue weighted by atomic mass is 10.1. The quantitative estimate of drug-likeness (QED) is 0.707. The molecule has 0 aromatic rings. The highest BCUT2D eigenvalue weighted by Gasteiger charge is 2.31. The van der Waals surface area contributed by atoms with Crippen molar-refractivity contribution in [2.75, 3.05) is 26.7 Å². The smallest absolute Gasteiger partial charge is 0.236 e. The summed E-state index contributed by atoms with van der Waals surface area (Å²) in [7, 11) is 1.69. The Morgan fingerprint density at radius 1 is 1.50 bits per heavy atom. The van der Waals surface area contributed by atoms with Gasteiger partial charge in [-0.15, -0.1) is 0 Å². The molecule has 0 heterocycles. The molecular formula is C12H24N2O2. The molecular weight excluding hydrogens is 204 g/mol. The highest BCUT2D eigenvalue weighted by molar-refractivity contribution is 5.78. The van der Waals surface area contributed by atoms with E-state index in [0.29, 0.717) is 19.1 Å². The Kier molecular flexibility index (Phi) is 4.74. The molecule has 1 aliphatic carbocycles. The van der Waals surface area contributed by atoms with Gasteiger partial charge in [0.05, 0.1) is 12.1 Å². The first-order valence-electron chi connectivity index (χ1n) is 6.05. The first kappa shape index (κ1) is 13.5. The van der Waals surface area contributed by atoms with E-state index in [-0.39, 0.29) is 11.5 Å². The van der Waals surface area contributed by atoms with Gasteiger partial charge in [0.2, 0.25) is 5.91 Å². The van der Waals surface area contributed by atoms with Crippen molar-refractivity contribution in [1.82, 2.24) is 10.2 Å². The molecule has 0 radical (unpaired) electrons. The standard InChI is InChI=1S/C12H24N2O2/c1-5-14(10-6-7-10)11(15)8-13-9-12(2,3)16-4/h10,13H,5-9H2,1-4H3. The predicted octanol–water partition coefficient (Wildman–Crippen LogP) is 1.01. The minimum Gasteiger partial charge on any atom is -0.377 e. The number of ether oxygens (including phenoxy) is 1. The van der Waals surface area contributed by atoms with Crippen molar-refractivity contribution in [3.05, 3.63) is 0 Å². The van der Waals surface area contributed by atoms with Gasteiger partial charge in [-0.05, 0) is 33.6 Å². The van der Waals surface area contributed by atoms with Gasteiger partial charge in [0.25, 0.3) is 0 Å². The van der Waals surface area contributed by atoms with Crippen molar-refractivity contribution in [3.8, 4) is 0 Å². The number of nitrogens with zero attached hydrogens (tertiary/aromatic N) is 1.